The number of nitrogens with zero attached hydrogens (tertiary/aromatic N) is 1. The number of aliphatic hydroxyl groups excluding tert-OH is 1. The third-order valence-corrected chi connectivity index (χ3v) is 3.83. The first-order chi connectivity index (χ1) is 9.53. The van der Waals surface area contributed by atoms with E-state index >= 15 is 0 Å². The lowest BCUT2D eigenvalue weighted by Crippen LogP contribution is -1.95. The maximum Gasteiger partial charge on any atom is 0.219 e. The van der Waals surface area contributed by atoms with Gasteiger partial charge in [-0.2, -0.15) is 0 Å². The number of benzene rings is 1. The summed E-state index contributed by atoms with van der Waals surface area (Å²) in [5, 5.41) is 9.20. The summed E-state index contributed by atoms with van der Waals surface area (Å²) in [5.41, 5.74) is 1.55. The standard InChI is InChI=1S/C14H13Br2NO3/c1-8-3-9(7-18)4-14(17-8)20-13-6-10(15)12(19-2)5-11(13)16/h3-6,18H,7H2,1-2H3. The van der Waals surface area contributed by atoms with Crippen molar-refractivity contribution in [1.82, 2.24) is 4.98 Å². The monoisotopic (exact) mass is 401 g/mol. The van der Waals surface area contributed by atoms with Crippen LogP contribution in [-0.4, -0.2) is 17.2 Å². The molecule has 1 aromatic heterocycles. The van der Waals surface area contributed by atoms with Gasteiger partial charge in [0.25, 0.3) is 0 Å². The van der Waals surface area contributed by atoms with Crippen LogP contribution in [0.3, 0.4) is 0 Å². The molecule has 0 aliphatic carbocycles. The summed E-state index contributed by atoms with van der Waals surface area (Å²) < 4.78 is 12.5. The van der Waals surface area contributed by atoms with Crippen LogP contribution in [0.25, 0.3) is 0 Å². The molecule has 0 radical (unpaired) electrons. The number of hydrogen-bond donors (Lipinski definition) is 1. The van der Waals surface area contributed by atoms with Crippen LogP contribution in [0.4, 0.5) is 0 Å². The molecular formula is C14H13Br2NO3. The van der Waals surface area contributed by atoms with Gasteiger partial charge in [-0.15, -0.1) is 0 Å². The Morgan fingerprint density at radius 2 is 1.75 bits per heavy atom. The lowest BCUT2D eigenvalue weighted by Gasteiger charge is -2.11. The van der Waals surface area contributed by atoms with Gasteiger partial charge in [0.05, 0.1) is 22.7 Å². The Kier molecular flexibility index (Phi) is 5.01. The summed E-state index contributed by atoms with van der Waals surface area (Å²) >= 11 is 6.84. The SMILES string of the molecule is COc1cc(Br)c(Oc2cc(CO)cc(C)n2)cc1Br. The highest BCUT2D eigenvalue weighted by Gasteiger charge is 2.10. The van der Waals surface area contributed by atoms with E-state index in [0.29, 0.717) is 17.4 Å². The summed E-state index contributed by atoms with van der Waals surface area (Å²) in [6, 6.07) is 7.12. The zero-order valence-corrected chi connectivity index (χ0v) is 14.2. The van der Waals surface area contributed by atoms with Gasteiger partial charge in [-0.3, -0.25) is 0 Å². The highest BCUT2D eigenvalue weighted by atomic mass is 79.9. The van der Waals surface area contributed by atoms with Gasteiger partial charge >= 0.3 is 0 Å². The molecular weight excluding hydrogens is 390 g/mol. The fraction of sp³-hybridized carbons (Fsp3) is 0.214. The number of rotatable bonds is 4. The van der Waals surface area contributed by atoms with E-state index in [0.717, 1.165) is 20.2 Å². The summed E-state index contributed by atoms with van der Waals surface area (Å²) in [7, 11) is 1.60. The van der Waals surface area contributed by atoms with Crippen molar-refractivity contribution in [1.29, 1.82) is 0 Å². The molecule has 0 unspecified atom stereocenters. The van der Waals surface area contributed by atoms with Crippen molar-refractivity contribution in [2.45, 2.75) is 13.5 Å². The van der Waals surface area contributed by atoms with Crippen LogP contribution in [0, 0.1) is 6.92 Å². The molecule has 1 aromatic carbocycles. The van der Waals surface area contributed by atoms with Crippen molar-refractivity contribution in [3.8, 4) is 17.4 Å². The minimum atomic E-state index is -0.0484. The number of ether oxygens (including phenoxy) is 2. The van der Waals surface area contributed by atoms with Crippen LogP contribution in [0.2, 0.25) is 0 Å². The van der Waals surface area contributed by atoms with Crippen LogP contribution < -0.4 is 9.47 Å². The molecule has 106 valence electrons. The predicted molar refractivity (Wildman–Crippen MR) is 83.4 cm³/mol. The van der Waals surface area contributed by atoms with Crippen molar-refractivity contribution in [2.75, 3.05) is 7.11 Å². The second-order valence-electron chi connectivity index (χ2n) is 4.13. The van der Waals surface area contributed by atoms with E-state index in [1.165, 1.54) is 0 Å². The average molecular weight is 403 g/mol. The largest absolute Gasteiger partial charge is 0.496 e. The first-order valence-electron chi connectivity index (χ1n) is 5.82. The summed E-state index contributed by atoms with van der Waals surface area (Å²) in [4.78, 5) is 4.29. The molecule has 0 fully saturated rings. The van der Waals surface area contributed by atoms with Crippen LogP contribution in [-0.2, 0) is 6.61 Å². The number of methoxy groups -OCH3 is 1. The Labute approximate surface area is 134 Å². The third kappa shape index (κ3) is 3.50. The van der Waals surface area contributed by atoms with Gasteiger partial charge < -0.3 is 14.6 Å². The van der Waals surface area contributed by atoms with Crippen LogP contribution in [0.1, 0.15) is 11.3 Å². The van der Waals surface area contributed by atoms with Crippen LogP contribution in [0.5, 0.6) is 17.4 Å². The highest BCUT2D eigenvalue weighted by molar-refractivity contribution is 9.11. The fourth-order valence-electron chi connectivity index (χ4n) is 1.71. The number of halogens is 2. The zero-order valence-electron chi connectivity index (χ0n) is 11.0. The van der Waals surface area contributed by atoms with Gasteiger partial charge in [0.15, 0.2) is 0 Å². The average Bonchev–Trinajstić information content (AvgIpc) is 2.41. The predicted octanol–water partition coefficient (Wildman–Crippen LogP) is 4.21. The van der Waals surface area contributed by atoms with E-state index in [1.807, 2.05) is 19.1 Å². The van der Waals surface area contributed by atoms with Gasteiger partial charge in [0.1, 0.15) is 11.5 Å². The van der Waals surface area contributed by atoms with E-state index in [-0.39, 0.29) is 6.61 Å². The van der Waals surface area contributed by atoms with Crippen molar-refractivity contribution in [2.24, 2.45) is 0 Å². The summed E-state index contributed by atoms with van der Waals surface area (Å²) in [6.07, 6.45) is 0. The van der Waals surface area contributed by atoms with Gasteiger partial charge in [-0.25, -0.2) is 4.98 Å². The summed E-state index contributed by atoms with van der Waals surface area (Å²) in [5.74, 6) is 1.75. The lowest BCUT2D eigenvalue weighted by molar-refractivity contribution is 0.281. The molecule has 1 N–H and O–H groups in total. The molecule has 4 nitrogen and oxygen atoms in total. The Morgan fingerprint density at radius 1 is 1.10 bits per heavy atom. The topological polar surface area (TPSA) is 51.6 Å². The maximum atomic E-state index is 9.20. The molecule has 0 amide bonds. The molecule has 0 saturated carbocycles. The molecule has 0 aliphatic rings. The van der Waals surface area contributed by atoms with Crippen LogP contribution >= 0.6 is 31.9 Å². The Bertz CT molecular complexity index is 632. The van der Waals surface area contributed by atoms with Gasteiger partial charge in [-0.1, -0.05) is 0 Å². The molecule has 2 aromatic rings. The quantitative estimate of drug-likeness (QED) is 0.832. The van der Waals surface area contributed by atoms with Gasteiger partial charge in [0.2, 0.25) is 5.88 Å². The van der Waals surface area contributed by atoms with Crippen molar-refractivity contribution in [3.63, 3.8) is 0 Å². The third-order valence-electron chi connectivity index (χ3n) is 2.59. The van der Waals surface area contributed by atoms with E-state index in [2.05, 4.69) is 36.8 Å². The molecule has 1 heterocycles. The fourth-order valence-corrected chi connectivity index (χ4v) is 2.60. The summed E-state index contributed by atoms with van der Waals surface area (Å²) in [6.45, 7) is 1.80. The van der Waals surface area contributed by atoms with Gasteiger partial charge in [0, 0.05) is 11.8 Å². The number of hydrogen-bond acceptors (Lipinski definition) is 4. The van der Waals surface area contributed by atoms with E-state index in [9.17, 15) is 5.11 Å². The molecule has 0 saturated heterocycles. The zero-order chi connectivity index (χ0) is 14.7. The molecule has 2 rings (SSSR count). The van der Waals surface area contributed by atoms with Crippen molar-refractivity contribution < 1.29 is 14.6 Å². The molecule has 0 spiro atoms. The molecule has 0 atom stereocenters. The minimum absolute atomic E-state index is 0.0484. The Morgan fingerprint density at radius 3 is 2.40 bits per heavy atom. The van der Waals surface area contributed by atoms with Crippen molar-refractivity contribution in [3.05, 3.63) is 44.5 Å². The molecule has 0 aliphatic heterocycles. The smallest absolute Gasteiger partial charge is 0.219 e. The van der Waals surface area contributed by atoms with Crippen molar-refractivity contribution >= 4 is 31.9 Å². The van der Waals surface area contributed by atoms with Crippen LogP contribution in [0.15, 0.2) is 33.2 Å². The minimum Gasteiger partial charge on any atom is -0.496 e. The van der Waals surface area contributed by atoms with E-state index in [4.69, 9.17) is 9.47 Å². The van der Waals surface area contributed by atoms with E-state index in [1.54, 1.807) is 19.2 Å². The van der Waals surface area contributed by atoms with E-state index < -0.39 is 0 Å². The normalized spacial score (nSPS) is 10.4. The second-order valence-corrected chi connectivity index (χ2v) is 5.84. The Balaban J connectivity index is 2.35. The number of aromatic nitrogens is 1. The first kappa shape index (κ1) is 15.3. The molecule has 0 bridgehead atoms. The first-order valence-corrected chi connectivity index (χ1v) is 7.41. The number of aryl methyl sites for hydroxylation is 1. The maximum absolute atomic E-state index is 9.20. The lowest BCUT2D eigenvalue weighted by atomic mass is 10.2. The molecule has 20 heavy (non-hydrogen) atoms. The molecule has 6 heteroatoms. The van der Waals surface area contributed by atoms with Gasteiger partial charge in [-0.05, 0) is 62.5 Å². The number of aliphatic hydroxyl groups is 1. The Hall–Kier alpha value is -1.11. The second kappa shape index (κ2) is 6.56. The highest BCUT2D eigenvalue weighted by Crippen LogP contribution is 2.37. The number of pyridine rings is 1.